The van der Waals surface area contributed by atoms with Crippen LogP contribution in [-0.4, -0.2) is 31.8 Å². The van der Waals surface area contributed by atoms with Crippen molar-refractivity contribution < 1.29 is 12.8 Å². The van der Waals surface area contributed by atoms with E-state index in [9.17, 15) is 8.42 Å². The fraction of sp³-hybridized carbons (Fsp3) is 0.357. The zero-order valence-electron chi connectivity index (χ0n) is 12.3. The van der Waals surface area contributed by atoms with Crippen LogP contribution in [0.5, 0.6) is 0 Å². The third-order valence-electron chi connectivity index (χ3n) is 3.23. The molecule has 2 aromatic rings. The van der Waals surface area contributed by atoms with Gasteiger partial charge in [-0.15, -0.1) is 0 Å². The van der Waals surface area contributed by atoms with Crippen LogP contribution in [0.15, 0.2) is 46.2 Å². The normalized spacial score (nSPS) is 13.5. The van der Waals surface area contributed by atoms with Crippen LogP contribution in [0.3, 0.4) is 0 Å². The molecule has 1 unspecified atom stereocenters. The fourth-order valence-electron chi connectivity index (χ4n) is 1.84. The maximum atomic E-state index is 12.0. The minimum atomic E-state index is -3.38. The largest absolute Gasteiger partial charge is 0.451 e. The van der Waals surface area contributed by atoms with Gasteiger partial charge >= 0.3 is 0 Å². The molecule has 1 heterocycles. The molecule has 2 rings (SSSR count). The van der Waals surface area contributed by atoms with Crippen LogP contribution in [0.25, 0.3) is 0 Å². The van der Waals surface area contributed by atoms with E-state index in [1.807, 2.05) is 19.1 Å². The molecule has 0 bridgehead atoms. The van der Waals surface area contributed by atoms with Crippen molar-refractivity contribution >= 4 is 10.0 Å². The van der Waals surface area contributed by atoms with E-state index in [0.717, 1.165) is 11.3 Å². The molecule has 0 spiro atoms. The number of rotatable bonds is 6. The summed E-state index contributed by atoms with van der Waals surface area (Å²) >= 11 is 0. The minimum absolute atomic E-state index is 0.0813. The summed E-state index contributed by atoms with van der Waals surface area (Å²) in [6.45, 7) is 2.60. The van der Waals surface area contributed by atoms with Gasteiger partial charge in [0.25, 0.3) is 0 Å². The van der Waals surface area contributed by atoms with Crippen molar-refractivity contribution in [2.45, 2.75) is 24.4 Å². The molecule has 7 heteroatoms. The molecular weight excluding hydrogens is 290 g/mol. The lowest BCUT2D eigenvalue weighted by atomic mass is 10.1. The molecule has 0 radical (unpaired) electrons. The number of oxazole rings is 1. The Morgan fingerprint density at radius 2 is 1.95 bits per heavy atom. The molecule has 1 aromatic carbocycles. The maximum Gasteiger partial charge on any atom is 0.242 e. The second kappa shape index (κ2) is 6.38. The van der Waals surface area contributed by atoms with Crippen molar-refractivity contribution in [3.8, 4) is 0 Å². The molecule has 0 saturated heterocycles. The maximum absolute atomic E-state index is 12.0. The second-order valence-electron chi connectivity index (χ2n) is 4.94. The Balaban J connectivity index is 2.05. The molecule has 0 aliphatic rings. The van der Waals surface area contributed by atoms with E-state index < -0.39 is 10.0 Å². The molecule has 0 saturated carbocycles. The van der Waals surface area contributed by atoms with Crippen molar-refractivity contribution in [1.29, 1.82) is 0 Å². The number of benzene rings is 1. The Bertz CT molecular complexity index is 664. The van der Waals surface area contributed by atoms with E-state index in [0.29, 0.717) is 11.4 Å². The molecule has 1 aromatic heterocycles. The van der Waals surface area contributed by atoms with Crippen molar-refractivity contribution in [1.82, 2.24) is 14.6 Å². The highest BCUT2D eigenvalue weighted by molar-refractivity contribution is 7.89. The van der Waals surface area contributed by atoms with E-state index >= 15 is 0 Å². The van der Waals surface area contributed by atoms with Crippen LogP contribution in [0.1, 0.15) is 24.2 Å². The molecule has 114 valence electrons. The van der Waals surface area contributed by atoms with Crippen LogP contribution in [0, 0.1) is 0 Å². The lowest BCUT2D eigenvalue weighted by Crippen LogP contribution is -2.22. The summed E-state index contributed by atoms with van der Waals surface area (Å²) in [5.74, 6) is 0. The molecule has 21 heavy (non-hydrogen) atoms. The first-order chi connectivity index (χ1) is 9.91. The molecule has 1 N–H and O–H groups in total. The molecule has 0 aliphatic heterocycles. The van der Waals surface area contributed by atoms with Gasteiger partial charge in [0.05, 0.1) is 10.6 Å². The van der Waals surface area contributed by atoms with Crippen LogP contribution in [-0.2, 0) is 16.6 Å². The number of nitrogens with one attached hydrogen (secondary N) is 1. The Labute approximate surface area is 124 Å². The predicted octanol–water partition coefficient (Wildman–Crippen LogP) is 1.78. The highest BCUT2D eigenvalue weighted by Crippen LogP contribution is 2.18. The molecule has 0 amide bonds. The Hall–Kier alpha value is -1.70. The highest BCUT2D eigenvalue weighted by atomic mass is 32.2. The summed E-state index contributed by atoms with van der Waals surface area (Å²) in [6, 6.07) is 6.96. The average Bonchev–Trinajstić information content (AvgIpc) is 2.98. The number of aromatic nitrogens is 1. The molecule has 0 fully saturated rings. The van der Waals surface area contributed by atoms with Gasteiger partial charge in [-0.2, -0.15) is 0 Å². The van der Waals surface area contributed by atoms with Crippen molar-refractivity contribution in [2.24, 2.45) is 0 Å². The molecule has 0 aliphatic carbocycles. The standard InChI is InChI=1S/C14H19N3O3S/c1-11(15-8-13-9-20-10-16-13)12-4-6-14(7-5-12)21(18,19)17(2)3/h4-7,9-11,15H,8H2,1-3H3. The minimum Gasteiger partial charge on any atom is -0.451 e. The van der Waals surface area contributed by atoms with Crippen molar-refractivity contribution in [2.75, 3.05) is 14.1 Å². The van der Waals surface area contributed by atoms with Crippen molar-refractivity contribution in [3.05, 3.63) is 48.2 Å². The number of hydrogen-bond acceptors (Lipinski definition) is 5. The number of hydrogen-bond donors (Lipinski definition) is 1. The summed E-state index contributed by atoms with van der Waals surface area (Å²) in [6.07, 6.45) is 2.98. The average molecular weight is 309 g/mol. The Morgan fingerprint density at radius 3 is 2.48 bits per heavy atom. The second-order valence-corrected chi connectivity index (χ2v) is 7.09. The van der Waals surface area contributed by atoms with Crippen LogP contribution in [0.2, 0.25) is 0 Å². The van der Waals surface area contributed by atoms with E-state index in [-0.39, 0.29) is 6.04 Å². The van der Waals surface area contributed by atoms with Crippen LogP contribution in [0.4, 0.5) is 0 Å². The molecule has 6 nitrogen and oxygen atoms in total. The van der Waals surface area contributed by atoms with Gasteiger partial charge in [0, 0.05) is 26.7 Å². The van der Waals surface area contributed by atoms with E-state index in [1.165, 1.54) is 24.8 Å². The zero-order chi connectivity index (χ0) is 15.5. The van der Waals surface area contributed by atoms with Gasteiger partial charge in [-0.3, -0.25) is 0 Å². The summed E-state index contributed by atoms with van der Waals surface area (Å²) in [4.78, 5) is 4.33. The predicted molar refractivity (Wildman–Crippen MR) is 79.1 cm³/mol. The SMILES string of the molecule is CC(NCc1cocn1)c1ccc(S(=O)(=O)N(C)C)cc1. The molecule has 1 atom stereocenters. The summed E-state index contributed by atoms with van der Waals surface area (Å²) in [7, 11) is -0.338. The fourth-order valence-corrected chi connectivity index (χ4v) is 2.74. The molecular formula is C14H19N3O3S. The van der Waals surface area contributed by atoms with Crippen LogP contribution >= 0.6 is 0 Å². The monoisotopic (exact) mass is 309 g/mol. The smallest absolute Gasteiger partial charge is 0.242 e. The number of sulfonamides is 1. The Kier molecular flexibility index (Phi) is 4.76. The van der Waals surface area contributed by atoms with Gasteiger partial charge in [0.2, 0.25) is 10.0 Å². The van der Waals surface area contributed by atoms with Gasteiger partial charge in [-0.25, -0.2) is 17.7 Å². The highest BCUT2D eigenvalue weighted by Gasteiger charge is 2.17. The first-order valence-corrected chi connectivity index (χ1v) is 7.98. The topological polar surface area (TPSA) is 75.4 Å². The Morgan fingerprint density at radius 1 is 1.29 bits per heavy atom. The quantitative estimate of drug-likeness (QED) is 0.880. The van der Waals surface area contributed by atoms with Gasteiger partial charge < -0.3 is 9.73 Å². The van der Waals surface area contributed by atoms with E-state index in [4.69, 9.17) is 4.42 Å². The summed E-state index contributed by atoms with van der Waals surface area (Å²) in [5, 5.41) is 3.30. The third kappa shape index (κ3) is 3.69. The summed E-state index contributed by atoms with van der Waals surface area (Å²) in [5.41, 5.74) is 1.84. The van der Waals surface area contributed by atoms with Crippen LogP contribution < -0.4 is 5.32 Å². The lowest BCUT2D eigenvalue weighted by Gasteiger charge is -2.15. The van der Waals surface area contributed by atoms with Gasteiger partial charge in [-0.05, 0) is 24.6 Å². The number of nitrogens with zero attached hydrogens (tertiary/aromatic N) is 2. The van der Waals surface area contributed by atoms with Gasteiger partial charge in [-0.1, -0.05) is 12.1 Å². The lowest BCUT2D eigenvalue weighted by molar-refractivity contribution is 0.520. The van der Waals surface area contributed by atoms with E-state index in [2.05, 4.69) is 10.3 Å². The zero-order valence-corrected chi connectivity index (χ0v) is 13.1. The summed E-state index contributed by atoms with van der Waals surface area (Å²) < 4.78 is 30.1. The van der Waals surface area contributed by atoms with E-state index in [1.54, 1.807) is 18.4 Å². The van der Waals surface area contributed by atoms with Crippen molar-refractivity contribution in [3.63, 3.8) is 0 Å². The van der Waals surface area contributed by atoms with Gasteiger partial charge in [0.15, 0.2) is 6.39 Å². The van der Waals surface area contributed by atoms with Gasteiger partial charge in [0.1, 0.15) is 6.26 Å². The third-order valence-corrected chi connectivity index (χ3v) is 5.06. The first kappa shape index (κ1) is 15.7. The first-order valence-electron chi connectivity index (χ1n) is 6.54.